The van der Waals surface area contributed by atoms with Gasteiger partial charge in [0.15, 0.2) is 0 Å². The van der Waals surface area contributed by atoms with Gasteiger partial charge < -0.3 is 20.3 Å². The molecule has 106 valence electrons. The van der Waals surface area contributed by atoms with E-state index in [2.05, 4.69) is 4.90 Å². The molecule has 2 N–H and O–H groups in total. The van der Waals surface area contributed by atoms with Crippen LogP contribution in [0.5, 0.6) is 0 Å². The van der Waals surface area contributed by atoms with Gasteiger partial charge in [0.1, 0.15) is 0 Å². The third-order valence-electron chi connectivity index (χ3n) is 3.54. The normalized spacial score (nSPS) is 20.3. The highest BCUT2D eigenvalue weighted by molar-refractivity contribution is 5.76. The second kappa shape index (κ2) is 8.45. The first kappa shape index (κ1) is 15.4. The minimum absolute atomic E-state index is 0.221. The van der Waals surface area contributed by atoms with Crippen LogP contribution >= 0.6 is 0 Å². The van der Waals surface area contributed by atoms with Gasteiger partial charge in [0.2, 0.25) is 5.91 Å². The minimum atomic E-state index is 0.221. The molecule has 1 saturated heterocycles. The van der Waals surface area contributed by atoms with E-state index in [1.54, 1.807) is 12.0 Å². The minimum Gasteiger partial charge on any atom is -0.384 e. The Morgan fingerprint density at radius 1 is 1.56 bits per heavy atom. The molecule has 1 amide bonds. The second-order valence-corrected chi connectivity index (χ2v) is 5.12. The number of likely N-dealkylation sites (tertiary alicyclic amines) is 1. The van der Waals surface area contributed by atoms with Crippen LogP contribution in [-0.4, -0.2) is 69.2 Å². The van der Waals surface area contributed by atoms with E-state index < -0.39 is 0 Å². The summed E-state index contributed by atoms with van der Waals surface area (Å²) in [4.78, 5) is 16.0. The molecule has 0 aromatic heterocycles. The summed E-state index contributed by atoms with van der Waals surface area (Å²) in [6.07, 6.45) is 2.67. The number of carbonyl (C=O) groups excluding carboxylic acids is 1. The fourth-order valence-corrected chi connectivity index (χ4v) is 2.39. The average molecular weight is 257 g/mol. The molecule has 0 bridgehead atoms. The van der Waals surface area contributed by atoms with Gasteiger partial charge in [-0.1, -0.05) is 0 Å². The predicted molar refractivity (Wildman–Crippen MR) is 72.3 cm³/mol. The third kappa shape index (κ3) is 5.33. The van der Waals surface area contributed by atoms with Gasteiger partial charge in [0, 0.05) is 40.2 Å². The number of amides is 1. The summed E-state index contributed by atoms with van der Waals surface area (Å²) in [5.41, 5.74) is 5.44. The number of nitrogens with two attached hydrogens (primary N) is 1. The summed E-state index contributed by atoms with van der Waals surface area (Å²) in [7, 11) is 3.61. The molecule has 0 aromatic rings. The Morgan fingerprint density at radius 2 is 2.33 bits per heavy atom. The molecule has 0 radical (unpaired) electrons. The molecule has 0 aromatic carbocycles. The van der Waals surface area contributed by atoms with Crippen LogP contribution in [0.1, 0.15) is 19.3 Å². The van der Waals surface area contributed by atoms with Crippen LogP contribution in [0.25, 0.3) is 0 Å². The van der Waals surface area contributed by atoms with E-state index in [1.165, 1.54) is 6.42 Å². The monoisotopic (exact) mass is 257 g/mol. The molecule has 1 atom stereocenters. The average Bonchev–Trinajstić information content (AvgIpc) is 2.81. The number of carbonyl (C=O) groups is 1. The fraction of sp³-hybridized carbons (Fsp3) is 0.923. The summed E-state index contributed by atoms with van der Waals surface area (Å²) >= 11 is 0. The molecule has 0 spiro atoms. The highest BCUT2D eigenvalue weighted by Crippen LogP contribution is 2.16. The van der Waals surface area contributed by atoms with Gasteiger partial charge in [-0.2, -0.15) is 0 Å². The number of nitrogens with zero attached hydrogens (tertiary/aromatic N) is 2. The van der Waals surface area contributed by atoms with Crippen molar-refractivity contribution in [3.05, 3.63) is 0 Å². The molecule has 0 saturated carbocycles. The van der Waals surface area contributed by atoms with E-state index in [0.717, 1.165) is 39.2 Å². The van der Waals surface area contributed by atoms with Crippen molar-refractivity contribution in [2.75, 3.05) is 53.5 Å². The maximum absolute atomic E-state index is 11.8. The van der Waals surface area contributed by atoms with E-state index in [4.69, 9.17) is 10.5 Å². The first-order valence-electron chi connectivity index (χ1n) is 6.82. The van der Waals surface area contributed by atoms with Crippen molar-refractivity contribution < 1.29 is 9.53 Å². The zero-order valence-electron chi connectivity index (χ0n) is 11.7. The van der Waals surface area contributed by atoms with E-state index in [9.17, 15) is 4.79 Å². The Hall–Kier alpha value is -0.650. The van der Waals surface area contributed by atoms with Crippen molar-refractivity contribution in [2.24, 2.45) is 11.7 Å². The van der Waals surface area contributed by atoms with Crippen molar-refractivity contribution in [2.45, 2.75) is 19.3 Å². The topological polar surface area (TPSA) is 58.8 Å². The Kier molecular flexibility index (Phi) is 7.23. The lowest BCUT2D eigenvalue weighted by atomic mass is 10.1. The maximum atomic E-state index is 11.8. The molecule has 1 fully saturated rings. The molecule has 18 heavy (non-hydrogen) atoms. The number of ether oxygens (including phenoxy) is 1. The van der Waals surface area contributed by atoms with E-state index in [-0.39, 0.29) is 5.91 Å². The van der Waals surface area contributed by atoms with Gasteiger partial charge in [-0.25, -0.2) is 0 Å². The van der Waals surface area contributed by atoms with E-state index in [1.807, 2.05) is 7.05 Å². The molecule has 5 nitrogen and oxygen atoms in total. The predicted octanol–water partition coefficient (Wildman–Crippen LogP) is 0.152. The molecule has 1 aliphatic heterocycles. The number of hydrogen-bond donors (Lipinski definition) is 1. The molecule has 0 aliphatic carbocycles. The highest BCUT2D eigenvalue weighted by Gasteiger charge is 2.22. The van der Waals surface area contributed by atoms with Crippen LogP contribution in [0, 0.1) is 5.92 Å². The number of hydrogen-bond acceptors (Lipinski definition) is 4. The largest absolute Gasteiger partial charge is 0.384 e. The van der Waals surface area contributed by atoms with Crippen molar-refractivity contribution in [3.63, 3.8) is 0 Å². The quantitative estimate of drug-likeness (QED) is 0.672. The SMILES string of the molecule is COCC1CCN(CCC(=O)N(C)CCCN)C1. The van der Waals surface area contributed by atoms with Crippen LogP contribution in [0.3, 0.4) is 0 Å². The first-order chi connectivity index (χ1) is 8.67. The molecular weight excluding hydrogens is 230 g/mol. The second-order valence-electron chi connectivity index (χ2n) is 5.12. The van der Waals surface area contributed by atoms with Crippen molar-refractivity contribution in [1.29, 1.82) is 0 Å². The Morgan fingerprint density at radius 3 is 3.00 bits per heavy atom. The van der Waals surface area contributed by atoms with E-state index >= 15 is 0 Å². The molecule has 5 heteroatoms. The lowest BCUT2D eigenvalue weighted by Crippen LogP contribution is -2.32. The lowest BCUT2D eigenvalue weighted by molar-refractivity contribution is -0.130. The van der Waals surface area contributed by atoms with Crippen LogP contribution in [0.4, 0.5) is 0 Å². The standard InChI is InChI=1S/C13H27N3O2/c1-15(7-3-6-14)13(17)5-9-16-8-4-12(10-16)11-18-2/h12H,3-11,14H2,1-2H3. The van der Waals surface area contributed by atoms with Crippen molar-refractivity contribution in [1.82, 2.24) is 9.80 Å². The molecular formula is C13H27N3O2. The van der Waals surface area contributed by atoms with Gasteiger partial charge in [0.05, 0.1) is 6.61 Å². The third-order valence-corrected chi connectivity index (χ3v) is 3.54. The smallest absolute Gasteiger partial charge is 0.223 e. The highest BCUT2D eigenvalue weighted by atomic mass is 16.5. The van der Waals surface area contributed by atoms with Gasteiger partial charge in [-0.3, -0.25) is 4.79 Å². The summed E-state index contributed by atoms with van der Waals surface area (Å²) in [6.45, 7) is 5.26. The summed E-state index contributed by atoms with van der Waals surface area (Å²) in [5, 5.41) is 0. The van der Waals surface area contributed by atoms with E-state index in [0.29, 0.717) is 18.9 Å². The van der Waals surface area contributed by atoms with Gasteiger partial charge in [-0.15, -0.1) is 0 Å². The zero-order chi connectivity index (χ0) is 13.4. The van der Waals surface area contributed by atoms with Crippen LogP contribution in [0.15, 0.2) is 0 Å². The fourth-order valence-electron chi connectivity index (χ4n) is 2.39. The van der Waals surface area contributed by atoms with Crippen molar-refractivity contribution in [3.8, 4) is 0 Å². The number of methoxy groups -OCH3 is 1. The lowest BCUT2D eigenvalue weighted by Gasteiger charge is -2.20. The van der Waals surface area contributed by atoms with Crippen LogP contribution in [0.2, 0.25) is 0 Å². The van der Waals surface area contributed by atoms with Crippen LogP contribution < -0.4 is 5.73 Å². The maximum Gasteiger partial charge on any atom is 0.223 e. The van der Waals surface area contributed by atoms with Crippen LogP contribution in [-0.2, 0) is 9.53 Å². The first-order valence-corrected chi connectivity index (χ1v) is 6.82. The summed E-state index contributed by atoms with van der Waals surface area (Å²) in [6, 6.07) is 0. The Balaban J connectivity index is 2.15. The Bertz CT molecular complexity index is 248. The summed E-state index contributed by atoms with van der Waals surface area (Å²) in [5.74, 6) is 0.860. The van der Waals surface area contributed by atoms with Gasteiger partial charge in [0.25, 0.3) is 0 Å². The Labute approximate surface area is 110 Å². The van der Waals surface area contributed by atoms with Gasteiger partial charge >= 0.3 is 0 Å². The number of rotatable bonds is 8. The zero-order valence-corrected chi connectivity index (χ0v) is 11.7. The molecule has 1 unspecified atom stereocenters. The molecule has 1 rings (SSSR count). The van der Waals surface area contributed by atoms with Gasteiger partial charge in [-0.05, 0) is 31.8 Å². The summed E-state index contributed by atoms with van der Waals surface area (Å²) < 4.78 is 5.17. The van der Waals surface area contributed by atoms with Crippen molar-refractivity contribution >= 4 is 5.91 Å². The molecule has 1 aliphatic rings. The molecule has 1 heterocycles.